The molecule has 3 heterocycles. The molecular weight excluding hydrogens is 304 g/mol. The number of hydrogen-bond acceptors (Lipinski definition) is 5. The topological polar surface area (TPSA) is 46.3 Å². The van der Waals surface area contributed by atoms with Crippen LogP contribution in [-0.2, 0) is 6.54 Å². The maximum Gasteiger partial charge on any atom is 0.273 e. The summed E-state index contributed by atoms with van der Waals surface area (Å²) in [5.41, 5.74) is 0.505. The van der Waals surface area contributed by atoms with Gasteiger partial charge in [0, 0.05) is 16.8 Å². The Morgan fingerprint density at radius 1 is 1.38 bits per heavy atom. The maximum absolute atomic E-state index is 12.5. The van der Waals surface area contributed by atoms with E-state index >= 15 is 0 Å². The van der Waals surface area contributed by atoms with E-state index in [9.17, 15) is 4.79 Å². The smallest absolute Gasteiger partial charge is 0.273 e. The van der Waals surface area contributed by atoms with Crippen molar-refractivity contribution in [3.8, 4) is 10.8 Å². The highest BCUT2D eigenvalue weighted by atomic mass is 32.1. The van der Waals surface area contributed by atoms with Crippen molar-refractivity contribution in [3.63, 3.8) is 0 Å². The zero-order valence-electron chi connectivity index (χ0n) is 11.7. The first kappa shape index (κ1) is 14.0. The minimum Gasteiger partial charge on any atom is -0.462 e. The van der Waals surface area contributed by atoms with Crippen LogP contribution in [-0.4, -0.2) is 22.8 Å². The second-order valence-corrected chi connectivity index (χ2v) is 6.88. The van der Waals surface area contributed by atoms with Gasteiger partial charge in [-0.05, 0) is 30.5 Å². The minimum absolute atomic E-state index is 0.0602. The molecule has 3 aromatic heterocycles. The molecule has 6 heteroatoms. The Balaban J connectivity index is 1.81. The molecule has 3 rings (SSSR count). The number of furan rings is 1. The van der Waals surface area contributed by atoms with Crippen LogP contribution >= 0.6 is 22.7 Å². The Morgan fingerprint density at radius 3 is 2.90 bits per heavy atom. The summed E-state index contributed by atoms with van der Waals surface area (Å²) in [6.45, 7) is 2.51. The summed E-state index contributed by atoms with van der Waals surface area (Å²) in [6, 6.07) is 7.68. The molecule has 3 aromatic rings. The van der Waals surface area contributed by atoms with Crippen LogP contribution in [0.2, 0.25) is 0 Å². The molecule has 0 saturated heterocycles. The summed E-state index contributed by atoms with van der Waals surface area (Å²) >= 11 is 3.12. The van der Waals surface area contributed by atoms with Crippen molar-refractivity contribution in [3.05, 3.63) is 51.4 Å². The molecule has 0 aromatic carbocycles. The highest BCUT2D eigenvalue weighted by molar-refractivity contribution is 7.15. The van der Waals surface area contributed by atoms with E-state index in [2.05, 4.69) is 4.98 Å². The second kappa shape index (κ2) is 5.83. The number of carbonyl (C=O) groups excluding carboxylic acids is 1. The molecule has 1 amide bonds. The normalized spacial score (nSPS) is 10.8. The molecule has 0 N–H and O–H groups in total. The van der Waals surface area contributed by atoms with Gasteiger partial charge in [-0.15, -0.1) is 22.7 Å². The molecule has 0 radical (unpaired) electrons. The Kier molecular flexibility index (Phi) is 3.90. The summed E-state index contributed by atoms with van der Waals surface area (Å²) in [4.78, 5) is 20.7. The predicted molar refractivity (Wildman–Crippen MR) is 84.7 cm³/mol. The van der Waals surface area contributed by atoms with Gasteiger partial charge in [-0.3, -0.25) is 4.79 Å². The van der Waals surface area contributed by atoms with Gasteiger partial charge >= 0.3 is 0 Å². The van der Waals surface area contributed by atoms with Crippen LogP contribution in [0.25, 0.3) is 10.8 Å². The highest BCUT2D eigenvalue weighted by Gasteiger charge is 2.20. The predicted octanol–water partition coefficient (Wildman–Crippen LogP) is 4.05. The lowest BCUT2D eigenvalue weighted by molar-refractivity contribution is 0.0781. The molecule has 0 aliphatic heterocycles. The van der Waals surface area contributed by atoms with Crippen LogP contribution in [0.5, 0.6) is 0 Å². The fourth-order valence-electron chi connectivity index (χ4n) is 1.99. The third-order valence-corrected chi connectivity index (χ3v) is 4.90. The highest BCUT2D eigenvalue weighted by Crippen LogP contribution is 2.28. The molecule has 0 bridgehead atoms. The first-order chi connectivity index (χ1) is 10.1. The van der Waals surface area contributed by atoms with Gasteiger partial charge < -0.3 is 9.32 Å². The zero-order valence-corrected chi connectivity index (χ0v) is 13.3. The summed E-state index contributed by atoms with van der Waals surface area (Å²) in [5, 5.41) is 2.75. The van der Waals surface area contributed by atoms with E-state index in [0.717, 1.165) is 14.8 Å². The molecule has 0 atom stereocenters. The summed E-state index contributed by atoms with van der Waals surface area (Å²) < 4.78 is 5.34. The standard InChI is InChI=1S/C15H14N2O2S2/c1-10-13(16-14(21-10)12-6-3-7-19-12)15(18)17(2)9-11-5-4-8-20-11/h3-8H,9H2,1-2H3. The molecule has 0 aliphatic carbocycles. The van der Waals surface area contributed by atoms with E-state index < -0.39 is 0 Å². The number of carbonyl (C=O) groups is 1. The molecule has 0 saturated carbocycles. The number of thiophene rings is 1. The van der Waals surface area contributed by atoms with Gasteiger partial charge in [0.1, 0.15) is 5.69 Å². The van der Waals surface area contributed by atoms with E-state index in [-0.39, 0.29) is 5.91 Å². The molecule has 4 nitrogen and oxygen atoms in total. The molecule has 21 heavy (non-hydrogen) atoms. The lowest BCUT2D eigenvalue weighted by atomic mass is 10.3. The number of thiazole rings is 1. The van der Waals surface area contributed by atoms with Gasteiger partial charge in [-0.25, -0.2) is 4.98 Å². The average molecular weight is 318 g/mol. The minimum atomic E-state index is -0.0602. The fourth-order valence-corrected chi connectivity index (χ4v) is 3.62. The third kappa shape index (κ3) is 2.91. The van der Waals surface area contributed by atoms with Crippen LogP contribution in [0.15, 0.2) is 40.3 Å². The number of aryl methyl sites for hydroxylation is 1. The molecule has 0 fully saturated rings. The Hall–Kier alpha value is -1.92. The molecule has 108 valence electrons. The lowest BCUT2D eigenvalue weighted by Gasteiger charge is -2.15. The van der Waals surface area contributed by atoms with Crippen molar-refractivity contribution in [1.82, 2.24) is 9.88 Å². The third-order valence-electron chi connectivity index (χ3n) is 3.05. The van der Waals surface area contributed by atoms with Crippen molar-refractivity contribution in [2.75, 3.05) is 7.05 Å². The Labute approximate surface area is 130 Å². The number of amides is 1. The molecular formula is C15H14N2O2S2. The van der Waals surface area contributed by atoms with Crippen molar-refractivity contribution < 1.29 is 9.21 Å². The van der Waals surface area contributed by atoms with Gasteiger partial charge in [0.05, 0.1) is 12.8 Å². The largest absolute Gasteiger partial charge is 0.462 e. The van der Waals surface area contributed by atoms with Crippen molar-refractivity contribution >= 4 is 28.6 Å². The van der Waals surface area contributed by atoms with Gasteiger partial charge in [0.25, 0.3) is 5.91 Å². The number of nitrogens with zero attached hydrogens (tertiary/aromatic N) is 2. The number of aromatic nitrogens is 1. The second-order valence-electron chi connectivity index (χ2n) is 4.64. The average Bonchev–Trinajstić information content (AvgIpc) is 3.18. The van der Waals surface area contributed by atoms with Crippen LogP contribution in [0.1, 0.15) is 20.2 Å². The van der Waals surface area contributed by atoms with Gasteiger partial charge in [0.2, 0.25) is 0 Å². The maximum atomic E-state index is 12.5. The fraction of sp³-hybridized carbons (Fsp3) is 0.200. The number of hydrogen-bond donors (Lipinski definition) is 0. The molecule has 0 spiro atoms. The first-order valence-electron chi connectivity index (χ1n) is 6.44. The summed E-state index contributed by atoms with van der Waals surface area (Å²) in [5.74, 6) is 0.637. The quantitative estimate of drug-likeness (QED) is 0.729. The monoisotopic (exact) mass is 318 g/mol. The van der Waals surface area contributed by atoms with Crippen LogP contribution in [0.4, 0.5) is 0 Å². The van der Waals surface area contributed by atoms with Crippen LogP contribution in [0.3, 0.4) is 0 Å². The van der Waals surface area contributed by atoms with Gasteiger partial charge in [-0.1, -0.05) is 6.07 Å². The van der Waals surface area contributed by atoms with E-state index in [1.54, 1.807) is 29.5 Å². The summed E-state index contributed by atoms with van der Waals surface area (Å²) in [7, 11) is 1.80. The summed E-state index contributed by atoms with van der Waals surface area (Å²) in [6.07, 6.45) is 1.61. The Bertz CT molecular complexity index is 730. The van der Waals surface area contributed by atoms with Crippen LogP contribution in [0, 0.1) is 6.92 Å². The van der Waals surface area contributed by atoms with E-state index in [4.69, 9.17) is 4.42 Å². The lowest BCUT2D eigenvalue weighted by Crippen LogP contribution is -2.26. The molecule has 0 unspecified atom stereocenters. The van der Waals surface area contributed by atoms with Gasteiger partial charge in [0.15, 0.2) is 10.8 Å². The molecule has 0 aliphatic rings. The van der Waals surface area contributed by atoms with Gasteiger partial charge in [-0.2, -0.15) is 0 Å². The van der Waals surface area contributed by atoms with Crippen molar-refractivity contribution in [2.45, 2.75) is 13.5 Å². The number of rotatable bonds is 4. The SMILES string of the molecule is Cc1sc(-c2ccco2)nc1C(=O)N(C)Cc1cccs1. The Morgan fingerprint density at radius 2 is 2.24 bits per heavy atom. The zero-order chi connectivity index (χ0) is 14.8. The van der Waals surface area contributed by atoms with Crippen LogP contribution < -0.4 is 0 Å². The van der Waals surface area contributed by atoms with E-state index in [1.165, 1.54) is 11.3 Å². The van der Waals surface area contributed by atoms with Crippen molar-refractivity contribution in [2.24, 2.45) is 0 Å². The van der Waals surface area contributed by atoms with Crippen molar-refractivity contribution in [1.29, 1.82) is 0 Å². The first-order valence-corrected chi connectivity index (χ1v) is 8.14. The van der Waals surface area contributed by atoms with E-state index in [0.29, 0.717) is 18.0 Å². The van der Waals surface area contributed by atoms with E-state index in [1.807, 2.05) is 36.6 Å².